The predicted octanol–water partition coefficient (Wildman–Crippen LogP) is 2.15. The molecule has 0 aliphatic rings. The van der Waals surface area contributed by atoms with Gasteiger partial charge in [-0.05, 0) is 36.4 Å². The molecule has 0 radical (unpaired) electrons. The second-order valence-electron chi connectivity index (χ2n) is 6.13. The molecule has 8 nitrogen and oxygen atoms in total. The lowest BCUT2D eigenvalue weighted by Gasteiger charge is -2.10. The Balaban J connectivity index is 1.93. The molecular formula is C17H17ClN4O4S. The predicted molar refractivity (Wildman–Crippen MR) is 106 cm³/mol. The van der Waals surface area contributed by atoms with Crippen molar-refractivity contribution in [3.63, 3.8) is 0 Å². The summed E-state index contributed by atoms with van der Waals surface area (Å²) in [5.74, 6) is -0.502. The van der Waals surface area contributed by atoms with Crippen molar-refractivity contribution in [3.05, 3.63) is 57.5 Å². The maximum atomic E-state index is 12.6. The molecule has 142 valence electrons. The molecule has 1 amide bonds. The number of halogens is 1. The fourth-order valence-electron chi connectivity index (χ4n) is 2.76. The average molecular weight is 409 g/mol. The Bertz CT molecular complexity index is 1230. The number of imidazole rings is 1. The van der Waals surface area contributed by atoms with Crippen LogP contribution in [0.5, 0.6) is 0 Å². The van der Waals surface area contributed by atoms with E-state index in [9.17, 15) is 18.0 Å². The highest BCUT2D eigenvalue weighted by Crippen LogP contribution is 2.23. The van der Waals surface area contributed by atoms with Crippen LogP contribution in [-0.2, 0) is 24.1 Å². The number of sulfonamides is 1. The number of fused-ring (bicyclic) bond motifs is 1. The van der Waals surface area contributed by atoms with Crippen LogP contribution < -0.4 is 15.7 Å². The molecule has 0 atom stereocenters. The first-order valence-corrected chi connectivity index (χ1v) is 10.1. The SMILES string of the molecule is Cn1c(=O)n(C)c2cc(NC(=O)c3cc(NS(C)(=O)=O)ccc3Cl)ccc21. The summed E-state index contributed by atoms with van der Waals surface area (Å²) in [5, 5.41) is 2.89. The topological polar surface area (TPSA) is 102 Å². The van der Waals surface area contributed by atoms with Gasteiger partial charge in [0.25, 0.3) is 5.91 Å². The van der Waals surface area contributed by atoms with E-state index in [-0.39, 0.29) is 22.0 Å². The molecule has 0 fully saturated rings. The highest BCUT2D eigenvalue weighted by molar-refractivity contribution is 7.92. The highest BCUT2D eigenvalue weighted by atomic mass is 35.5. The Morgan fingerprint density at radius 2 is 1.63 bits per heavy atom. The summed E-state index contributed by atoms with van der Waals surface area (Å²) in [4.78, 5) is 24.6. The van der Waals surface area contributed by atoms with Gasteiger partial charge in [0.2, 0.25) is 10.0 Å². The Labute approximate surface area is 160 Å². The van der Waals surface area contributed by atoms with Gasteiger partial charge in [0, 0.05) is 25.5 Å². The van der Waals surface area contributed by atoms with Crippen molar-refractivity contribution in [2.75, 3.05) is 16.3 Å². The van der Waals surface area contributed by atoms with Crippen molar-refractivity contribution in [1.29, 1.82) is 0 Å². The minimum Gasteiger partial charge on any atom is -0.322 e. The zero-order valence-corrected chi connectivity index (χ0v) is 16.4. The van der Waals surface area contributed by atoms with E-state index < -0.39 is 15.9 Å². The van der Waals surface area contributed by atoms with E-state index in [1.165, 1.54) is 27.3 Å². The van der Waals surface area contributed by atoms with Gasteiger partial charge >= 0.3 is 5.69 Å². The van der Waals surface area contributed by atoms with Gasteiger partial charge in [0.05, 0.1) is 27.9 Å². The number of rotatable bonds is 4. The molecule has 0 unspecified atom stereocenters. The standard InChI is InChI=1S/C17H17ClN4O4S/c1-21-14-7-5-10(9-15(14)22(2)17(21)24)19-16(23)12-8-11(4-6-13(12)18)20-27(3,25)26/h4-9,20H,1-3H3,(H,19,23). The van der Waals surface area contributed by atoms with E-state index in [1.54, 1.807) is 32.3 Å². The molecule has 0 aliphatic carbocycles. The third-order valence-corrected chi connectivity index (χ3v) is 4.98. The molecule has 0 saturated heterocycles. The van der Waals surface area contributed by atoms with Gasteiger partial charge in [0.15, 0.2) is 0 Å². The van der Waals surface area contributed by atoms with Gasteiger partial charge in [-0.25, -0.2) is 13.2 Å². The summed E-state index contributed by atoms with van der Waals surface area (Å²) >= 11 is 6.09. The first-order chi connectivity index (χ1) is 12.6. The number of carbonyl (C=O) groups is 1. The number of nitrogens with one attached hydrogen (secondary N) is 2. The largest absolute Gasteiger partial charge is 0.328 e. The molecule has 3 aromatic rings. The van der Waals surface area contributed by atoms with Gasteiger partial charge in [-0.1, -0.05) is 11.6 Å². The molecule has 27 heavy (non-hydrogen) atoms. The third-order valence-electron chi connectivity index (χ3n) is 4.04. The molecule has 3 rings (SSSR count). The number of hydrogen-bond donors (Lipinski definition) is 2. The zero-order chi connectivity index (χ0) is 19.9. The summed E-state index contributed by atoms with van der Waals surface area (Å²) in [5.41, 5.74) is 2.06. The summed E-state index contributed by atoms with van der Waals surface area (Å²) in [6.07, 6.45) is 1.01. The summed E-state index contributed by atoms with van der Waals surface area (Å²) < 4.78 is 28.0. The van der Waals surface area contributed by atoms with Crippen molar-refractivity contribution in [2.45, 2.75) is 0 Å². The molecule has 0 aliphatic heterocycles. The first-order valence-electron chi connectivity index (χ1n) is 7.81. The van der Waals surface area contributed by atoms with E-state index in [0.29, 0.717) is 11.2 Å². The molecule has 0 bridgehead atoms. The summed E-state index contributed by atoms with van der Waals surface area (Å²) in [6.45, 7) is 0. The first kappa shape index (κ1) is 19.0. The number of aromatic nitrogens is 2. The fraction of sp³-hybridized carbons (Fsp3) is 0.176. The molecule has 2 N–H and O–H groups in total. The van der Waals surface area contributed by atoms with E-state index >= 15 is 0 Å². The van der Waals surface area contributed by atoms with Crippen molar-refractivity contribution in [1.82, 2.24) is 9.13 Å². The van der Waals surface area contributed by atoms with Crippen molar-refractivity contribution < 1.29 is 13.2 Å². The Morgan fingerprint density at radius 1 is 1.00 bits per heavy atom. The monoisotopic (exact) mass is 408 g/mol. The number of amides is 1. The molecule has 0 spiro atoms. The number of benzene rings is 2. The average Bonchev–Trinajstić information content (AvgIpc) is 2.79. The second-order valence-corrected chi connectivity index (χ2v) is 8.28. The van der Waals surface area contributed by atoms with E-state index in [1.807, 2.05) is 0 Å². The van der Waals surface area contributed by atoms with Crippen LogP contribution >= 0.6 is 11.6 Å². The van der Waals surface area contributed by atoms with E-state index in [2.05, 4.69) is 10.0 Å². The van der Waals surface area contributed by atoms with Crippen LogP contribution in [0.1, 0.15) is 10.4 Å². The number of nitrogens with zero attached hydrogens (tertiary/aromatic N) is 2. The van der Waals surface area contributed by atoms with Crippen LogP contribution in [0.4, 0.5) is 11.4 Å². The molecule has 1 aromatic heterocycles. The lowest BCUT2D eigenvalue weighted by molar-refractivity contribution is 0.102. The lowest BCUT2D eigenvalue weighted by Crippen LogP contribution is -2.19. The highest BCUT2D eigenvalue weighted by Gasteiger charge is 2.14. The maximum absolute atomic E-state index is 12.6. The molecule has 0 saturated carbocycles. The minimum atomic E-state index is -3.48. The number of aryl methyl sites for hydroxylation is 2. The minimum absolute atomic E-state index is 0.118. The Kier molecular flexibility index (Phi) is 4.75. The van der Waals surface area contributed by atoms with Crippen LogP contribution in [0.15, 0.2) is 41.2 Å². The lowest BCUT2D eigenvalue weighted by atomic mass is 10.2. The smallest absolute Gasteiger partial charge is 0.322 e. The van der Waals surface area contributed by atoms with Gasteiger partial charge in [-0.15, -0.1) is 0 Å². The van der Waals surface area contributed by atoms with Crippen molar-refractivity contribution in [2.24, 2.45) is 14.1 Å². The van der Waals surface area contributed by atoms with Crippen molar-refractivity contribution >= 4 is 49.9 Å². The Hall–Kier alpha value is -2.78. The summed E-state index contributed by atoms with van der Waals surface area (Å²) in [6, 6.07) is 9.35. The second kappa shape index (κ2) is 6.75. The molecule has 10 heteroatoms. The quantitative estimate of drug-likeness (QED) is 0.690. The van der Waals surface area contributed by atoms with Crippen LogP contribution in [0, 0.1) is 0 Å². The molecule has 1 heterocycles. The maximum Gasteiger partial charge on any atom is 0.328 e. The molecular weight excluding hydrogens is 392 g/mol. The molecule has 2 aromatic carbocycles. The van der Waals surface area contributed by atoms with Crippen molar-refractivity contribution in [3.8, 4) is 0 Å². The van der Waals surface area contributed by atoms with Gasteiger partial charge in [-0.2, -0.15) is 0 Å². The van der Waals surface area contributed by atoms with Crippen LogP contribution in [0.25, 0.3) is 11.0 Å². The number of hydrogen-bond acceptors (Lipinski definition) is 4. The Morgan fingerprint density at radius 3 is 2.30 bits per heavy atom. The third kappa shape index (κ3) is 3.83. The van der Waals surface area contributed by atoms with Crippen LogP contribution in [-0.4, -0.2) is 29.7 Å². The normalized spacial score (nSPS) is 11.6. The van der Waals surface area contributed by atoms with Gasteiger partial charge in [-0.3, -0.25) is 18.7 Å². The fourth-order valence-corrected chi connectivity index (χ4v) is 3.52. The van der Waals surface area contributed by atoms with E-state index in [4.69, 9.17) is 11.6 Å². The van der Waals surface area contributed by atoms with Gasteiger partial charge < -0.3 is 5.32 Å². The van der Waals surface area contributed by atoms with Crippen LogP contribution in [0.2, 0.25) is 5.02 Å². The van der Waals surface area contributed by atoms with Gasteiger partial charge in [0.1, 0.15) is 0 Å². The van der Waals surface area contributed by atoms with Crippen LogP contribution in [0.3, 0.4) is 0 Å². The number of carbonyl (C=O) groups excluding carboxylic acids is 1. The zero-order valence-electron chi connectivity index (χ0n) is 14.8. The van der Waals surface area contributed by atoms with E-state index in [0.717, 1.165) is 11.8 Å². The number of anilines is 2. The summed E-state index contributed by atoms with van der Waals surface area (Å²) in [7, 11) is -0.166.